The lowest BCUT2D eigenvalue weighted by molar-refractivity contribution is -0.137. The van der Waals surface area contributed by atoms with Crippen LogP contribution >= 0.6 is 0 Å². The van der Waals surface area contributed by atoms with Crippen LogP contribution in [-0.4, -0.2) is 67.6 Å². The molecule has 30 heavy (non-hydrogen) atoms. The fourth-order valence-electron chi connectivity index (χ4n) is 4.04. The number of aromatic nitrogens is 3. The van der Waals surface area contributed by atoms with E-state index in [1.807, 2.05) is 11.0 Å². The molecule has 0 aromatic carbocycles. The van der Waals surface area contributed by atoms with E-state index < -0.39 is 11.7 Å². The van der Waals surface area contributed by atoms with Gasteiger partial charge >= 0.3 is 6.18 Å². The molecule has 160 valence electrons. The number of anilines is 3. The largest absolute Gasteiger partial charge is 0.417 e. The Morgan fingerprint density at radius 2 is 1.63 bits per heavy atom. The third-order valence-electron chi connectivity index (χ3n) is 5.70. The molecule has 3 fully saturated rings. The summed E-state index contributed by atoms with van der Waals surface area (Å²) in [6, 6.07) is 2.66. The van der Waals surface area contributed by atoms with Crippen LogP contribution in [0.3, 0.4) is 0 Å². The summed E-state index contributed by atoms with van der Waals surface area (Å²) in [5.74, 6) is 0.961. The third-order valence-corrected chi connectivity index (χ3v) is 5.70. The summed E-state index contributed by atoms with van der Waals surface area (Å²) < 4.78 is 51.7. The Hall–Kier alpha value is -2.66. The van der Waals surface area contributed by atoms with Gasteiger partial charge in [-0.15, -0.1) is 0 Å². The van der Waals surface area contributed by atoms with Gasteiger partial charge in [0.25, 0.3) is 0 Å². The van der Waals surface area contributed by atoms with Crippen LogP contribution < -0.4 is 15.5 Å². The van der Waals surface area contributed by atoms with Gasteiger partial charge < -0.3 is 25.0 Å². The Morgan fingerprint density at radius 1 is 0.967 bits per heavy atom. The normalized spacial score (nSPS) is 20.8. The summed E-state index contributed by atoms with van der Waals surface area (Å²) >= 11 is 0. The monoisotopic (exact) mass is 422 g/mol. The molecule has 3 aliphatic heterocycles. The summed E-state index contributed by atoms with van der Waals surface area (Å²) in [5, 5.41) is 0. The van der Waals surface area contributed by atoms with Crippen molar-refractivity contribution in [3.8, 4) is 11.4 Å². The Balaban J connectivity index is 1.57. The van der Waals surface area contributed by atoms with Crippen LogP contribution in [0.25, 0.3) is 11.4 Å². The average Bonchev–Trinajstić information content (AvgIpc) is 2.65. The van der Waals surface area contributed by atoms with Crippen LogP contribution in [0, 0.1) is 5.41 Å². The van der Waals surface area contributed by atoms with E-state index in [4.69, 9.17) is 15.2 Å². The smallest absolute Gasteiger partial charge is 0.384 e. The Labute approximate surface area is 170 Å². The SMILES string of the molecule is Nc1cc(C(F)(F)F)c(-c2nc(N3CCOCC3)cc(N3CC4(COC4)C3)n2)cn1. The van der Waals surface area contributed by atoms with E-state index in [1.54, 1.807) is 0 Å². The maximum absolute atomic E-state index is 13.7. The molecule has 8 nitrogen and oxygen atoms in total. The van der Waals surface area contributed by atoms with Crippen LogP contribution in [0.2, 0.25) is 0 Å². The molecule has 0 bridgehead atoms. The molecule has 0 saturated carbocycles. The molecule has 3 aliphatic rings. The van der Waals surface area contributed by atoms with Crippen molar-refractivity contribution in [3.05, 3.63) is 23.9 Å². The number of pyridine rings is 1. The van der Waals surface area contributed by atoms with E-state index in [9.17, 15) is 13.2 Å². The van der Waals surface area contributed by atoms with Gasteiger partial charge in [-0.05, 0) is 6.07 Å². The first kappa shape index (κ1) is 19.3. The number of morpholine rings is 1. The topological polar surface area (TPSA) is 89.6 Å². The summed E-state index contributed by atoms with van der Waals surface area (Å²) in [6.07, 6.45) is -3.51. The van der Waals surface area contributed by atoms with Crippen LogP contribution in [0.5, 0.6) is 0 Å². The fraction of sp³-hybridized carbons (Fsp3) is 0.526. The minimum Gasteiger partial charge on any atom is -0.384 e. The van der Waals surface area contributed by atoms with Crippen molar-refractivity contribution in [2.45, 2.75) is 6.18 Å². The number of nitrogens with two attached hydrogens (primary N) is 1. The van der Waals surface area contributed by atoms with Gasteiger partial charge in [0.05, 0.1) is 43.0 Å². The van der Waals surface area contributed by atoms with E-state index >= 15 is 0 Å². The van der Waals surface area contributed by atoms with Crippen molar-refractivity contribution >= 4 is 17.5 Å². The number of nitrogen functional groups attached to an aromatic ring is 1. The molecule has 2 aromatic rings. The first-order chi connectivity index (χ1) is 14.3. The van der Waals surface area contributed by atoms with Gasteiger partial charge in [0.1, 0.15) is 17.5 Å². The lowest BCUT2D eigenvalue weighted by Gasteiger charge is -2.55. The van der Waals surface area contributed by atoms with Crippen molar-refractivity contribution in [1.29, 1.82) is 0 Å². The third kappa shape index (κ3) is 3.41. The van der Waals surface area contributed by atoms with Crippen LogP contribution in [-0.2, 0) is 15.7 Å². The first-order valence-corrected chi connectivity index (χ1v) is 9.71. The second-order valence-corrected chi connectivity index (χ2v) is 8.01. The molecule has 5 rings (SSSR count). The Kier molecular flexibility index (Phi) is 4.47. The standard InChI is InChI=1S/C19H21F3N6O2/c20-19(21,22)13-5-14(23)24-7-12(13)17-25-15(27-1-3-29-4-2-27)6-16(26-17)28-8-18(9-28)10-30-11-18/h5-7H,1-4,8-11H2,(H2,23,24). The molecule has 0 atom stereocenters. The summed E-state index contributed by atoms with van der Waals surface area (Å²) in [6.45, 7) is 5.23. The zero-order chi connectivity index (χ0) is 20.9. The second-order valence-electron chi connectivity index (χ2n) is 8.01. The molecule has 11 heteroatoms. The average molecular weight is 422 g/mol. The highest BCUT2D eigenvalue weighted by molar-refractivity contribution is 5.67. The molecule has 2 N–H and O–H groups in total. The van der Waals surface area contributed by atoms with Crippen molar-refractivity contribution in [3.63, 3.8) is 0 Å². The zero-order valence-electron chi connectivity index (χ0n) is 16.2. The van der Waals surface area contributed by atoms with E-state index in [1.165, 1.54) is 0 Å². The molecule has 0 radical (unpaired) electrons. The maximum atomic E-state index is 13.7. The molecule has 0 unspecified atom stereocenters. The van der Waals surface area contributed by atoms with Crippen molar-refractivity contribution in [1.82, 2.24) is 15.0 Å². The lowest BCUT2D eigenvalue weighted by atomic mass is 9.78. The zero-order valence-corrected chi connectivity index (χ0v) is 16.2. The van der Waals surface area contributed by atoms with Crippen molar-refractivity contribution in [2.24, 2.45) is 5.41 Å². The molecule has 3 saturated heterocycles. The van der Waals surface area contributed by atoms with Gasteiger partial charge in [-0.2, -0.15) is 13.2 Å². The fourth-order valence-corrected chi connectivity index (χ4v) is 4.04. The Morgan fingerprint density at radius 3 is 2.23 bits per heavy atom. The molecule has 0 aliphatic carbocycles. The molecular formula is C19H21F3N6O2. The predicted molar refractivity (Wildman–Crippen MR) is 103 cm³/mol. The molecule has 2 aromatic heterocycles. The molecule has 5 heterocycles. The van der Waals surface area contributed by atoms with Crippen molar-refractivity contribution < 1.29 is 22.6 Å². The number of alkyl halides is 3. The van der Waals surface area contributed by atoms with Gasteiger partial charge in [-0.1, -0.05) is 0 Å². The number of hydrogen-bond acceptors (Lipinski definition) is 8. The molecule has 1 spiro atoms. The summed E-state index contributed by atoms with van der Waals surface area (Å²) in [5.41, 5.74) is 4.58. The Bertz CT molecular complexity index is 952. The van der Waals surface area contributed by atoms with E-state index in [-0.39, 0.29) is 22.6 Å². The predicted octanol–water partition coefficient (Wildman–Crippen LogP) is 1.81. The number of hydrogen-bond donors (Lipinski definition) is 1. The van der Waals surface area contributed by atoms with Gasteiger partial charge in [-0.25, -0.2) is 15.0 Å². The number of ether oxygens (including phenoxy) is 2. The van der Waals surface area contributed by atoms with Gasteiger partial charge in [0.2, 0.25) is 0 Å². The highest BCUT2D eigenvalue weighted by atomic mass is 19.4. The van der Waals surface area contributed by atoms with E-state index in [0.717, 1.165) is 25.4 Å². The molecular weight excluding hydrogens is 401 g/mol. The van der Waals surface area contributed by atoms with Crippen molar-refractivity contribution in [2.75, 3.05) is 68.1 Å². The van der Waals surface area contributed by atoms with Gasteiger partial charge in [-0.3, -0.25) is 0 Å². The lowest BCUT2D eigenvalue weighted by Crippen LogP contribution is -2.66. The maximum Gasteiger partial charge on any atom is 0.417 e. The van der Waals surface area contributed by atoms with Crippen LogP contribution in [0.15, 0.2) is 18.3 Å². The van der Waals surface area contributed by atoms with Gasteiger partial charge in [0.15, 0.2) is 5.82 Å². The highest BCUT2D eigenvalue weighted by Crippen LogP contribution is 2.42. The van der Waals surface area contributed by atoms with E-state index in [2.05, 4.69) is 19.9 Å². The van der Waals surface area contributed by atoms with E-state index in [0.29, 0.717) is 51.2 Å². The molecule has 0 amide bonds. The quantitative estimate of drug-likeness (QED) is 0.801. The number of rotatable bonds is 3. The summed E-state index contributed by atoms with van der Waals surface area (Å²) in [7, 11) is 0. The van der Waals surface area contributed by atoms with Crippen LogP contribution in [0.1, 0.15) is 5.56 Å². The number of halogens is 3. The first-order valence-electron chi connectivity index (χ1n) is 9.71. The highest BCUT2D eigenvalue weighted by Gasteiger charge is 2.49. The minimum absolute atomic E-state index is 0.0142. The second kappa shape index (κ2) is 6.95. The summed E-state index contributed by atoms with van der Waals surface area (Å²) in [4.78, 5) is 16.9. The minimum atomic E-state index is -4.60. The van der Waals surface area contributed by atoms with Crippen LogP contribution in [0.4, 0.5) is 30.6 Å². The number of nitrogens with zero attached hydrogens (tertiary/aromatic N) is 5. The van der Waals surface area contributed by atoms with Gasteiger partial charge in [0, 0.05) is 38.4 Å².